The van der Waals surface area contributed by atoms with Crippen molar-refractivity contribution in [1.29, 1.82) is 0 Å². The maximum atomic E-state index is 12.6. The number of hydrogen-bond acceptors (Lipinski definition) is 6. The van der Waals surface area contributed by atoms with Crippen LogP contribution in [0.3, 0.4) is 0 Å². The number of carbonyl (C=O) groups excluding carboxylic acids is 1. The molecule has 0 saturated heterocycles. The van der Waals surface area contributed by atoms with Crippen molar-refractivity contribution in [2.75, 3.05) is 6.61 Å². The second-order valence-corrected chi connectivity index (χ2v) is 10.7. The monoisotopic (exact) mass is 569 g/mol. The van der Waals surface area contributed by atoms with Gasteiger partial charge in [0.25, 0.3) is 5.91 Å². The quantitative estimate of drug-likeness (QED) is 0.160. The number of nitrogens with zero attached hydrogens (tertiary/aromatic N) is 4. The van der Waals surface area contributed by atoms with Crippen LogP contribution in [0, 0.1) is 0 Å². The van der Waals surface area contributed by atoms with E-state index in [9.17, 15) is 14.7 Å². The van der Waals surface area contributed by atoms with Crippen LogP contribution >= 0.6 is 0 Å². The van der Waals surface area contributed by atoms with E-state index in [4.69, 9.17) is 4.74 Å². The molecular weight excluding hydrogens is 530 g/mol. The number of amides is 1. The number of aromatic nitrogens is 4. The number of carboxylic acids is 1. The molecule has 42 heavy (non-hydrogen) atoms. The van der Waals surface area contributed by atoms with Crippen molar-refractivity contribution in [3.05, 3.63) is 84.4 Å². The van der Waals surface area contributed by atoms with Crippen LogP contribution < -0.4 is 10.1 Å². The van der Waals surface area contributed by atoms with Gasteiger partial charge in [-0.2, -0.15) is 5.10 Å². The summed E-state index contributed by atoms with van der Waals surface area (Å²) in [5.41, 5.74) is 3.81. The third kappa shape index (κ3) is 8.49. The molecule has 0 fully saturated rings. The second kappa shape index (κ2) is 14.9. The number of hydrogen-bond donors (Lipinski definition) is 2. The molecule has 2 heterocycles. The van der Waals surface area contributed by atoms with E-state index in [0.29, 0.717) is 11.4 Å². The molecule has 0 spiro atoms. The highest BCUT2D eigenvalue weighted by molar-refractivity contribution is 5.96. The first kappa shape index (κ1) is 30.4. The van der Waals surface area contributed by atoms with Crippen LogP contribution in [-0.2, 0) is 11.2 Å². The number of carbonyl (C=O) groups is 2. The fourth-order valence-corrected chi connectivity index (χ4v) is 4.47. The molecule has 0 saturated carbocycles. The largest absolute Gasteiger partial charge is 0.494 e. The highest BCUT2D eigenvalue weighted by Crippen LogP contribution is 2.24. The molecule has 0 aliphatic carbocycles. The molecule has 220 valence electrons. The van der Waals surface area contributed by atoms with Gasteiger partial charge >= 0.3 is 5.97 Å². The van der Waals surface area contributed by atoms with E-state index in [1.54, 1.807) is 23.3 Å². The summed E-state index contributed by atoms with van der Waals surface area (Å²) in [5.74, 6) is -0.152. The predicted molar refractivity (Wildman–Crippen MR) is 162 cm³/mol. The van der Waals surface area contributed by atoms with Crippen LogP contribution in [-0.4, -0.2) is 49.4 Å². The summed E-state index contributed by atoms with van der Waals surface area (Å²) in [7, 11) is 0. The van der Waals surface area contributed by atoms with Crippen LogP contribution in [0.15, 0.2) is 73.3 Å². The van der Waals surface area contributed by atoms with Gasteiger partial charge in [-0.25, -0.2) is 14.8 Å². The lowest BCUT2D eigenvalue weighted by atomic mass is 10.0. The topological polar surface area (TPSA) is 119 Å². The molecule has 0 radical (unpaired) electrons. The number of benzene rings is 2. The minimum atomic E-state index is -1.11. The fourth-order valence-electron chi connectivity index (χ4n) is 4.47. The maximum Gasteiger partial charge on any atom is 0.326 e. The lowest BCUT2D eigenvalue weighted by Gasteiger charge is -2.14. The number of nitrogens with one attached hydrogen (secondary N) is 1. The molecule has 9 nitrogen and oxygen atoms in total. The lowest BCUT2D eigenvalue weighted by molar-refractivity contribution is -0.139. The van der Waals surface area contributed by atoms with Crippen molar-refractivity contribution in [3.8, 4) is 28.3 Å². The van der Waals surface area contributed by atoms with Crippen molar-refractivity contribution in [2.45, 2.75) is 71.4 Å². The molecule has 2 aromatic heterocycles. The predicted octanol–water partition coefficient (Wildman–Crippen LogP) is 6.36. The van der Waals surface area contributed by atoms with E-state index in [0.717, 1.165) is 41.0 Å². The van der Waals surface area contributed by atoms with E-state index in [1.807, 2.05) is 62.4 Å². The van der Waals surface area contributed by atoms with Crippen molar-refractivity contribution in [3.63, 3.8) is 0 Å². The van der Waals surface area contributed by atoms with Gasteiger partial charge in [0.15, 0.2) is 5.82 Å². The first-order chi connectivity index (χ1) is 20.3. The van der Waals surface area contributed by atoms with Crippen LogP contribution in [0.2, 0.25) is 0 Å². The Hall–Kier alpha value is -4.53. The number of rotatable bonds is 15. The summed E-state index contributed by atoms with van der Waals surface area (Å²) in [6, 6.07) is 14.3. The molecule has 9 heteroatoms. The van der Waals surface area contributed by atoms with Gasteiger partial charge in [-0.15, -0.1) is 0 Å². The Morgan fingerprint density at radius 2 is 1.55 bits per heavy atom. The lowest BCUT2D eigenvalue weighted by Crippen LogP contribution is -2.42. The molecule has 4 rings (SSSR count). The zero-order valence-corrected chi connectivity index (χ0v) is 24.5. The van der Waals surface area contributed by atoms with Gasteiger partial charge in [-0.3, -0.25) is 9.48 Å². The molecule has 0 aliphatic rings. The van der Waals surface area contributed by atoms with Gasteiger partial charge in [-0.1, -0.05) is 69.0 Å². The summed E-state index contributed by atoms with van der Waals surface area (Å²) >= 11 is 0. The number of carboxylic acid groups (broad SMARTS) is 1. The molecule has 0 aliphatic heterocycles. The SMILES string of the molecule is CCCCCCCOc1ccc(-c2cnc(-c3ccc(C[C@H](NC(=O)c4cnn(C(C)C)c4)C(=O)O)cc3)nc2)cc1. The molecular formula is C33H39N5O4. The Bertz CT molecular complexity index is 1430. The highest BCUT2D eigenvalue weighted by Gasteiger charge is 2.22. The number of aliphatic carboxylic acids is 1. The smallest absolute Gasteiger partial charge is 0.326 e. The van der Waals surface area contributed by atoms with Crippen molar-refractivity contribution >= 4 is 11.9 Å². The molecule has 1 atom stereocenters. The third-order valence-electron chi connectivity index (χ3n) is 7.00. The molecule has 0 bridgehead atoms. The van der Waals surface area contributed by atoms with Gasteiger partial charge < -0.3 is 15.2 Å². The van der Waals surface area contributed by atoms with Crippen molar-refractivity contribution in [1.82, 2.24) is 25.1 Å². The van der Waals surface area contributed by atoms with Gasteiger partial charge in [-0.05, 0) is 43.5 Å². The summed E-state index contributed by atoms with van der Waals surface area (Å²) < 4.78 is 7.51. The Morgan fingerprint density at radius 1 is 0.881 bits per heavy atom. The Morgan fingerprint density at radius 3 is 2.17 bits per heavy atom. The molecule has 2 N–H and O–H groups in total. The number of unbranched alkanes of at least 4 members (excludes halogenated alkanes) is 4. The van der Waals surface area contributed by atoms with E-state index >= 15 is 0 Å². The Kier molecular flexibility index (Phi) is 10.8. The van der Waals surface area contributed by atoms with Crippen LogP contribution in [0.25, 0.3) is 22.5 Å². The highest BCUT2D eigenvalue weighted by atomic mass is 16.5. The van der Waals surface area contributed by atoms with E-state index < -0.39 is 17.9 Å². The minimum absolute atomic E-state index is 0.0988. The first-order valence-electron chi connectivity index (χ1n) is 14.6. The van der Waals surface area contributed by atoms with Gasteiger partial charge in [0.1, 0.15) is 11.8 Å². The molecule has 0 unspecified atom stereocenters. The number of ether oxygens (including phenoxy) is 1. The minimum Gasteiger partial charge on any atom is -0.494 e. The zero-order chi connectivity index (χ0) is 29.9. The second-order valence-electron chi connectivity index (χ2n) is 10.7. The molecule has 2 aromatic carbocycles. The van der Waals surface area contributed by atoms with E-state index in [1.165, 1.54) is 31.9 Å². The summed E-state index contributed by atoms with van der Waals surface area (Å²) in [6.07, 6.45) is 12.8. The summed E-state index contributed by atoms with van der Waals surface area (Å²) in [6.45, 7) is 6.84. The van der Waals surface area contributed by atoms with Gasteiger partial charge in [0, 0.05) is 42.2 Å². The average Bonchev–Trinajstić information content (AvgIpc) is 3.51. The summed E-state index contributed by atoms with van der Waals surface area (Å²) in [5, 5.41) is 16.5. The fraction of sp³-hybridized carbons (Fsp3) is 0.364. The van der Waals surface area contributed by atoms with Crippen molar-refractivity contribution < 1.29 is 19.4 Å². The van der Waals surface area contributed by atoms with Crippen LogP contribution in [0.1, 0.15) is 74.8 Å². The average molecular weight is 570 g/mol. The normalized spacial score (nSPS) is 11.8. The van der Waals surface area contributed by atoms with Crippen molar-refractivity contribution in [2.24, 2.45) is 0 Å². The van der Waals surface area contributed by atoms with E-state index in [2.05, 4.69) is 27.3 Å². The van der Waals surface area contributed by atoms with Gasteiger partial charge in [0.2, 0.25) is 0 Å². The summed E-state index contributed by atoms with van der Waals surface area (Å²) in [4.78, 5) is 33.5. The van der Waals surface area contributed by atoms with E-state index in [-0.39, 0.29) is 12.5 Å². The molecule has 1 amide bonds. The Balaban J connectivity index is 1.32. The van der Waals surface area contributed by atoms with Gasteiger partial charge in [0.05, 0.1) is 18.4 Å². The molecule has 4 aromatic rings. The van der Waals surface area contributed by atoms with Crippen LogP contribution in [0.5, 0.6) is 5.75 Å². The first-order valence-corrected chi connectivity index (χ1v) is 14.6. The Labute approximate surface area is 247 Å². The maximum absolute atomic E-state index is 12.6. The zero-order valence-electron chi connectivity index (χ0n) is 24.5. The van der Waals surface area contributed by atoms with Crippen LogP contribution in [0.4, 0.5) is 0 Å². The third-order valence-corrected chi connectivity index (χ3v) is 7.00. The standard InChI is InChI=1S/C33H39N5O4/c1-4-5-6-7-8-17-42-29-15-13-25(14-16-29)27-19-34-31(35-20-27)26-11-9-24(10-12-26)18-30(33(40)41)37-32(39)28-21-36-38(22-28)23(2)3/h9-16,19-23,30H,4-8,17-18H2,1-3H3,(H,37,39)(H,40,41)/t30-/m0/s1.